The normalized spacial score (nSPS) is 28.3. The summed E-state index contributed by atoms with van der Waals surface area (Å²) in [6.07, 6.45) is 6.34. The highest BCUT2D eigenvalue weighted by molar-refractivity contribution is 5.87. The number of rotatable bonds is 3. The van der Waals surface area contributed by atoms with Gasteiger partial charge in [0.2, 0.25) is 5.91 Å². The third-order valence-corrected chi connectivity index (χ3v) is 5.32. The van der Waals surface area contributed by atoms with Gasteiger partial charge in [-0.15, -0.1) is 0 Å². The number of carbonyl (C=O) groups excluding carboxylic acids is 2. The van der Waals surface area contributed by atoms with Gasteiger partial charge in [0.25, 0.3) is 5.91 Å². The zero-order valence-corrected chi connectivity index (χ0v) is 14.2. The van der Waals surface area contributed by atoms with E-state index in [0.29, 0.717) is 13.1 Å². The van der Waals surface area contributed by atoms with Crippen LogP contribution < -0.4 is 5.73 Å². The van der Waals surface area contributed by atoms with Crippen molar-refractivity contribution < 1.29 is 14.3 Å². The van der Waals surface area contributed by atoms with Crippen LogP contribution in [0, 0.1) is 0 Å². The van der Waals surface area contributed by atoms with Crippen molar-refractivity contribution >= 4 is 11.8 Å². The Hall–Kier alpha value is -1.99. The van der Waals surface area contributed by atoms with Crippen LogP contribution >= 0.6 is 0 Å². The third-order valence-electron chi connectivity index (χ3n) is 5.32. The quantitative estimate of drug-likeness (QED) is 0.861. The molecule has 0 radical (unpaired) electrons. The number of morpholine rings is 1. The molecule has 4 rings (SSSR count). The Morgan fingerprint density at radius 2 is 2.00 bits per heavy atom. The summed E-state index contributed by atoms with van der Waals surface area (Å²) in [6.45, 7) is 1.27. The molecule has 25 heavy (non-hydrogen) atoms. The van der Waals surface area contributed by atoms with Crippen molar-refractivity contribution in [3.05, 3.63) is 30.1 Å². The van der Waals surface area contributed by atoms with E-state index in [-0.39, 0.29) is 30.5 Å². The van der Waals surface area contributed by atoms with E-state index in [0.717, 1.165) is 31.2 Å². The van der Waals surface area contributed by atoms with Crippen LogP contribution in [0.15, 0.2) is 24.5 Å². The van der Waals surface area contributed by atoms with E-state index in [1.165, 1.54) is 0 Å². The molecule has 2 N–H and O–H groups in total. The molecule has 134 valence electrons. The minimum atomic E-state index is -0.670. The van der Waals surface area contributed by atoms with Crippen LogP contribution in [-0.2, 0) is 14.3 Å². The second-order valence-corrected chi connectivity index (χ2v) is 7.16. The highest BCUT2D eigenvalue weighted by Gasteiger charge is 2.48. The van der Waals surface area contributed by atoms with Crippen LogP contribution in [0.1, 0.15) is 37.3 Å². The van der Waals surface area contributed by atoms with Gasteiger partial charge in [0.05, 0.1) is 6.04 Å². The van der Waals surface area contributed by atoms with Gasteiger partial charge in [0.15, 0.2) is 6.10 Å². The maximum Gasteiger partial charge on any atom is 0.254 e. The summed E-state index contributed by atoms with van der Waals surface area (Å²) < 4.78 is 5.77. The lowest BCUT2D eigenvalue weighted by Gasteiger charge is -2.43. The molecule has 2 aliphatic heterocycles. The number of piperidine rings is 1. The number of hydrogen-bond acceptors (Lipinski definition) is 5. The first-order valence-corrected chi connectivity index (χ1v) is 9.02. The molecule has 2 amide bonds. The minimum absolute atomic E-state index is 0.0307. The fourth-order valence-corrected chi connectivity index (χ4v) is 3.80. The van der Waals surface area contributed by atoms with E-state index in [2.05, 4.69) is 4.98 Å². The van der Waals surface area contributed by atoms with Crippen molar-refractivity contribution in [2.45, 2.75) is 49.9 Å². The van der Waals surface area contributed by atoms with E-state index < -0.39 is 12.1 Å². The van der Waals surface area contributed by atoms with E-state index in [9.17, 15) is 9.59 Å². The summed E-state index contributed by atoms with van der Waals surface area (Å²) in [4.78, 5) is 33.5. The Morgan fingerprint density at radius 1 is 1.24 bits per heavy atom. The lowest BCUT2D eigenvalue weighted by Crippen LogP contribution is -2.57. The number of ether oxygens (including phenoxy) is 1. The van der Waals surface area contributed by atoms with Gasteiger partial charge in [-0.25, -0.2) is 0 Å². The van der Waals surface area contributed by atoms with Crippen molar-refractivity contribution in [1.82, 2.24) is 14.8 Å². The molecule has 1 aliphatic carbocycles. The molecule has 7 nitrogen and oxygen atoms in total. The van der Waals surface area contributed by atoms with E-state index in [4.69, 9.17) is 10.5 Å². The molecule has 2 saturated heterocycles. The summed E-state index contributed by atoms with van der Waals surface area (Å²) in [5, 5.41) is 0. The molecule has 2 atom stereocenters. The first-order chi connectivity index (χ1) is 12.1. The van der Waals surface area contributed by atoms with Crippen LogP contribution in [0.5, 0.6) is 0 Å². The third kappa shape index (κ3) is 3.26. The molecule has 3 fully saturated rings. The number of aromatic nitrogens is 1. The SMILES string of the molecule is NC1CCN(C(=O)C2OCC(=O)N(C3CC3)C2c2cccnc2)CC1. The zero-order valence-electron chi connectivity index (χ0n) is 14.2. The molecule has 0 bridgehead atoms. The smallest absolute Gasteiger partial charge is 0.254 e. The van der Waals surface area contributed by atoms with Crippen LogP contribution in [0.2, 0.25) is 0 Å². The van der Waals surface area contributed by atoms with Gasteiger partial charge in [-0.2, -0.15) is 0 Å². The van der Waals surface area contributed by atoms with E-state index in [1.807, 2.05) is 21.9 Å². The minimum Gasteiger partial charge on any atom is -0.356 e. The molecular formula is C18H24N4O3. The standard InChI is InChI=1S/C18H24N4O3/c19-13-5-8-21(9-6-13)18(24)17-16(12-2-1-7-20-10-12)22(14-3-4-14)15(23)11-25-17/h1-2,7,10,13-14,16-17H,3-6,8-9,11,19H2. The molecule has 3 aliphatic rings. The number of carbonyl (C=O) groups is 2. The summed E-state index contributed by atoms with van der Waals surface area (Å²) in [5.74, 6) is -0.0834. The number of likely N-dealkylation sites (tertiary alicyclic amines) is 1. The topological polar surface area (TPSA) is 88.8 Å². The van der Waals surface area contributed by atoms with Crippen molar-refractivity contribution in [2.75, 3.05) is 19.7 Å². The fourth-order valence-electron chi connectivity index (χ4n) is 3.80. The van der Waals surface area contributed by atoms with Gasteiger partial charge < -0.3 is 20.3 Å². The van der Waals surface area contributed by atoms with Crippen molar-refractivity contribution in [3.63, 3.8) is 0 Å². The maximum atomic E-state index is 13.1. The Morgan fingerprint density at radius 3 is 2.64 bits per heavy atom. The zero-order chi connectivity index (χ0) is 17.4. The Balaban J connectivity index is 1.62. The maximum absolute atomic E-state index is 13.1. The van der Waals surface area contributed by atoms with E-state index >= 15 is 0 Å². The van der Waals surface area contributed by atoms with Crippen molar-refractivity contribution in [3.8, 4) is 0 Å². The summed E-state index contributed by atoms with van der Waals surface area (Å²) >= 11 is 0. The molecule has 1 aromatic heterocycles. The molecule has 1 saturated carbocycles. The lowest BCUT2D eigenvalue weighted by molar-refractivity contribution is -0.170. The average molecular weight is 344 g/mol. The van der Waals surface area contributed by atoms with E-state index in [1.54, 1.807) is 12.4 Å². The first-order valence-electron chi connectivity index (χ1n) is 9.02. The molecule has 0 aromatic carbocycles. The Kier molecular flexibility index (Phi) is 4.43. The van der Waals surface area contributed by atoms with Crippen LogP contribution in [0.3, 0.4) is 0 Å². The number of pyridine rings is 1. The second-order valence-electron chi connectivity index (χ2n) is 7.16. The van der Waals surface area contributed by atoms with Gasteiger partial charge in [-0.3, -0.25) is 14.6 Å². The monoisotopic (exact) mass is 344 g/mol. The van der Waals surface area contributed by atoms with Gasteiger partial charge in [0.1, 0.15) is 6.61 Å². The molecule has 1 aromatic rings. The van der Waals surface area contributed by atoms with Gasteiger partial charge in [0, 0.05) is 37.6 Å². The number of amides is 2. The summed E-state index contributed by atoms with van der Waals surface area (Å²) in [6, 6.07) is 3.73. The predicted octanol–water partition coefficient (Wildman–Crippen LogP) is 0.462. The molecule has 0 spiro atoms. The Labute approximate surface area is 147 Å². The van der Waals surface area contributed by atoms with Gasteiger partial charge >= 0.3 is 0 Å². The number of hydrogen-bond donors (Lipinski definition) is 1. The largest absolute Gasteiger partial charge is 0.356 e. The average Bonchev–Trinajstić information content (AvgIpc) is 3.47. The highest BCUT2D eigenvalue weighted by atomic mass is 16.5. The Bertz CT molecular complexity index is 641. The van der Waals surface area contributed by atoms with Crippen LogP contribution in [-0.4, -0.2) is 64.5 Å². The van der Waals surface area contributed by atoms with Crippen LogP contribution in [0.4, 0.5) is 0 Å². The molecule has 3 heterocycles. The van der Waals surface area contributed by atoms with Gasteiger partial charge in [-0.1, -0.05) is 6.07 Å². The highest BCUT2D eigenvalue weighted by Crippen LogP contribution is 2.39. The summed E-state index contributed by atoms with van der Waals surface area (Å²) in [5.41, 5.74) is 6.81. The fraction of sp³-hybridized carbons (Fsp3) is 0.611. The van der Waals surface area contributed by atoms with Gasteiger partial charge in [-0.05, 0) is 37.3 Å². The van der Waals surface area contributed by atoms with Crippen molar-refractivity contribution in [1.29, 1.82) is 0 Å². The van der Waals surface area contributed by atoms with Crippen LogP contribution in [0.25, 0.3) is 0 Å². The first kappa shape index (κ1) is 16.5. The molecule has 2 unspecified atom stereocenters. The number of nitrogens with two attached hydrogens (primary N) is 1. The second kappa shape index (κ2) is 6.72. The predicted molar refractivity (Wildman–Crippen MR) is 90.4 cm³/mol. The molecule has 7 heteroatoms. The summed E-state index contributed by atoms with van der Waals surface area (Å²) in [7, 11) is 0. The van der Waals surface area contributed by atoms with Crippen molar-refractivity contribution in [2.24, 2.45) is 5.73 Å². The molecular weight excluding hydrogens is 320 g/mol. The number of nitrogens with zero attached hydrogens (tertiary/aromatic N) is 3. The lowest BCUT2D eigenvalue weighted by atomic mass is 9.96.